The van der Waals surface area contributed by atoms with Gasteiger partial charge in [0, 0.05) is 22.8 Å². The molecule has 0 bridgehead atoms. The van der Waals surface area contributed by atoms with Gasteiger partial charge < -0.3 is 10.4 Å². The molecule has 2 rings (SSSR count). The van der Waals surface area contributed by atoms with Crippen molar-refractivity contribution in [3.63, 3.8) is 0 Å². The van der Waals surface area contributed by atoms with E-state index < -0.39 is 0 Å². The number of phenolic OH excluding ortho intramolecular Hbond substituents is 1. The third kappa shape index (κ3) is 2.93. The number of aromatic hydroxyl groups is 1. The molecule has 0 aliphatic carbocycles. The lowest BCUT2D eigenvalue weighted by Crippen LogP contribution is -2.01. The molecular formula is C14H13ClFNO. The van der Waals surface area contributed by atoms with Crippen LogP contribution >= 0.6 is 11.6 Å². The Balaban J connectivity index is 2.11. The Labute approximate surface area is 110 Å². The van der Waals surface area contributed by atoms with Crippen LogP contribution in [0.5, 0.6) is 5.75 Å². The largest absolute Gasteiger partial charge is 0.508 e. The van der Waals surface area contributed by atoms with Crippen molar-refractivity contribution in [1.29, 1.82) is 0 Å². The molecule has 0 aromatic heterocycles. The summed E-state index contributed by atoms with van der Waals surface area (Å²) in [5.41, 5.74) is 2.10. The maximum atomic E-state index is 13.5. The molecule has 0 amide bonds. The van der Waals surface area contributed by atoms with Crippen molar-refractivity contribution in [2.24, 2.45) is 0 Å². The summed E-state index contributed by atoms with van der Waals surface area (Å²) in [6, 6.07) is 9.61. The minimum atomic E-state index is -0.289. The van der Waals surface area contributed by atoms with E-state index in [1.807, 2.05) is 0 Å². The van der Waals surface area contributed by atoms with Crippen LogP contribution in [-0.4, -0.2) is 5.11 Å². The summed E-state index contributed by atoms with van der Waals surface area (Å²) < 4.78 is 13.5. The van der Waals surface area contributed by atoms with Crippen LogP contribution in [0.4, 0.5) is 10.1 Å². The minimum absolute atomic E-state index is 0.245. The van der Waals surface area contributed by atoms with Gasteiger partial charge in [0.2, 0.25) is 0 Å². The van der Waals surface area contributed by atoms with Gasteiger partial charge in [-0.15, -0.1) is 0 Å². The van der Waals surface area contributed by atoms with E-state index in [-0.39, 0.29) is 11.6 Å². The maximum absolute atomic E-state index is 13.5. The Hall–Kier alpha value is -1.74. The van der Waals surface area contributed by atoms with Crippen LogP contribution in [0, 0.1) is 12.7 Å². The fourth-order valence-corrected chi connectivity index (χ4v) is 1.84. The number of benzene rings is 2. The van der Waals surface area contributed by atoms with Gasteiger partial charge in [-0.1, -0.05) is 11.6 Å². The number of anilines is 1. The molecule has 2 N–H and O–H groups in total. The van der Waals surface area contributed by atoms with E-state index in [0.29, 0.717) is 17.1 Å². The minimum Gasteiger partial charge on any atom is -0.508 e. The van der Waals surface area contributed by atoms with Crippen LogP contribution in [-0.2, 0) is 6.54 Å². The summed E-state index contributed by atoms with van der Waals surface area (Å²) in [6.45, 7) is 2.15. The highest BCUT2D eigenvalue weighted by atomic mass is 35.5. The van der Waals surface area contributed by atoms with Gasteiger partial charge in [-0.25, -0.2) is 4.39 Å². The molecule has 0 unspecified atom stereocenters. The van der Waals surface area contributed by atoms with Crippen molar-refractivity contribution >= 4 is 17.3 Å². The van der Waals surface area contributed by atoms with Crippen LogP contribution in [0.3, 0.4) is 0 Å². The predicted molar refractivity (Wildman–Crippen MR) is 71.6 cm³/mol. The van der Waals surface area contributed by atoms with Gasteiger partial charge in [-0.2, -0.15) is 0 Å². The van der Waals surface area contributed by atoms with E-state index in [1.165, 1.54) is 12.1 Å². The third-order valence-electron chi connectivity index (χ3n) is 2.69. The highest BCUT2D eigenvalue weighted by Crippen LogP contribution is 2.21. The summed E-state index contributed by atoms with van der Waals surface area (Å²) in [5, 5.41) is 13.0. The molecule has 4 heteroatoms. The van der Waals surface area contributed by atoms with Crippen LogP contribution < -0.4 is 5.32 Å². The van der Waals surface area contributed by atoms with Crippen LogP contribution in [0.25, 0.3) is 0 Å². The summed E-state index contributed by atoms with van der Waals surface area (Å²) in [4.78, 5) is 0. The molecule has 0 spiro atoms. The molecule has 18 heavy (non-hydrogen) atoms. The fraction of sp³-hybridized carbons (Fsp3) is 0.143. The molecule has 0 saturated heterocycles. The van der Waals surface area contributed by atoms with E-state index in [4.69, 9.17) is 11.6 Å². The zero-order valence-corrected chi connectivity index (χ0v) is 10.6. The summed E-state index contributed by atoms with van der Waals surface area (Å²) >= 11 is 5.82. The number of phenols is 1. The lowest BCUT2D eigenvalue weighted by molar-refractivity contribution is 0.471. The van der Waals surface area contributed by atoms with E-state index in [1.54, 1.807) is 31.2 Å². The maximum Gasteiger partial charge on any atom is 0.128 e. The Morgan fingerprint density at radius 3 is 2.72 bits per heavy atom. The Bertz CT molecular complexity index is 572. The second-order valence-corrected chi connectivity index (χ2v) is 4.53. The number of nitrogens with one attached hydrogen (secondary N) is 1. The molecule has 0 radical (unpaired) electrons. The van der Waals surface area contributed by atoms with Gasteiger partial charge >= 0.3 is 0 Å². The van der Waals surface area contributed by atoms with Crippen molar-refractivity contribution in [1.82, 2.24) is 0 Å². The zero-order chi connectivity index (χ0) is 13.1. The zero-order valence-electron chi connectivity index (χ0n) is 9.87. The normalized spacial score (nSPS) is 10.4. The SMILES string of the molecule is Cc1cc(NCc2cc(Cl)ccc2F)ccc1O. The highest BCUT2D eigenvalue weighted by molar-refractivity contribution is 6.30. The van der Waals surface area contributed by atoms with Crippen molar-refractivity contribution < 1.29 is 9.50 Å². The van der Waals surface area contributed by atoms with Gasteiger partial charge in [0.25, 0.3) is 0 Å². The summed E-state index contributed by atoms with van der Waals surface area (Å²) in [6.07, 6.45) is 0. The summed E-state index contributed by atoms with van der Waals surface area (Å²) in [5.74, 6) is -0.0445. The quantitative estimate of drug-likeness (QED) is 0.819. The van der Waals surface area contributed by atoms with Gasteiger partial charge in [0.1, 0.15) is 11.6 Å². The molecule has 2 aromatic rings. The number of rotatable bonds is 3. The third-order valence-corrected chi connectivity index (χ3v) is 2.92. The first-order chi connectivity index (χ1) is 8.56. The molecule has 0 aliphatic heterocycles. The molecule has 0 fully saturated rings. The van der Waals surface area contributed by atoms with Crippen molar-refractivity contribution in [3.05, 3.63) is 58.4 Å². The first kappa shape index (κ1) is 12.7. The predicted octanol–water partition coefficient (Wildman–Crippen LogP) is 4.11. The van der Waals surface area contributed by atoms with Crippen LogP contribution in [0.2, 0.25) is 5.02 Å². The molecule has 2 nitrogen and oxygen atoms in total. The van der Waals surface area contributed by atoms with E-state index >= 15 is 0 Å². The van der Waals surface area contributed by atoms with Gasteiger partial charge in [0.15, 0.2) is 0 Å². The molecule has 0 aliphatic rings. The molecule has 0 atom stereocenters. The van der Waals surface area contributed by atoms with Crippen molar-refractivity contribution in [2.45, 2.75) is 13.5 Å². The van der Waals surface area contributed by atoms with Crippen LogP contribution in [0.15, 0.2) is 36.4 Å². The van der Waals surface area contributed by atoms with E-state index in [2.05, 4.69) is 5.32 Å². The fourth-order valence-electron chi connectivity index (χ4n) is 1.64. The molecule has 0 saturated carbocycles. The lowest BCUT2D eigenvalue weighted by atomic mass is 10.1. The number of hydrogen-bond donors (Lipinski definition) is 2. The Kier molecular flexibility index (Phi) is 3.72. The monoisotopic (exact) mass is 265 g/mol. The van der Waals surface area contributed by atoms with Crippen molar-refractivity contribution in [2.75, 3.05) is 5.32 Å². The second-order valence-electron chi connectivity index (χ2n) is 4.09. The van der Waals surface area contributed by atoms with Crippen molar-refractivity contribution in [3.8, 4) is 5.75 Å². The molecular weight excluding hydrogens is 253 g/mol. The second kappa shape index (κ2) is 5.27. The Morgan fingerprint density at radius 1 is 1.22 bits per heavy atom. The number of halogens is 2. The number of hydrogen-bond acceptors (Lipinski definition) is 2. The van der Waals surface area contributed by atoms with Gasteiger partial charge in [0.05, 0.1) is 0 Å². The Morgan fingerprint density at radius 2 is 2.00 bits per heavy atom. The molecule has 2 aromatic carbocycles. The standard InChI is InChI=1S/C14H13ClFNO/c1-9-6-12(3-5-14(9)18)17-8-10-7-11(15)2-4-13(10)16/h2-7,17-18H,8H2,1H3. The van der Waals surface area contributed by atoms with E-state index in [9.17, 15) is 9.50 Å². The average Bonchev–Trinajstić information content (AvgIpc) is 2.34. The first-order valence-electron chi connectivity index (χ1n) is 5.53. The smallest absolute Gasteiger partial charge is 0.128 e. The number of aryl methyl sites for hydroxylation is 1. The van der Waals surface area contributed by atoms with Gasteiger partial charge in [-0.3, -0.25) is 0 Å². The topological polar surface area (TPSA) is 32.3 Å². The van der Waals surface area contributed by atoms with Crippen LogP contribution in [0.1, 0.15) is 11.1 Å². The van der Waals surface area contributed by atoms with E-state index in [0.717, 1.165) is 11.3 Å². The summed E-state index contributed by atoms with van der Waals surface area (Å²) in [7, 11) is 0. The first-order valence-corrected chi connectivity index (χ1v) is 5.91. The highest BCUT2D eigenvalue weighted by Gasteiger charge is 2.03. The van der Waals surface area contributed by atoms with Gasteiger partial charge in [-0.05, 0) is 48.9 Å². The molecule has 0 heterocycles. The molecule has 94 valence electrons. The lowest BCUT2D eigenvalue weighted by Gasteiger charge is -2.09. The average molecular weight is 266 g/mol.